The fourth-order valence-electron chi connectivity index (χ4n) is 2.58. The van der Waals surface area contributed by atoms with Crippen molar-refractivity contribution in [1.82, 2.24) is 10.3 Å². The van der Waals surface area contributed by atoms with E-state index in [2.05, 4.69) is 39.9 Å². The maximum atomic E-state index is 11.5. The van der Waals surface area contributed by atoms with Crippen molar-refractivity contribution in [2.45, 2.75) is 12.3 Å². The first-order chi connectivity index (χ1) is 9.78. The number of hydrogen-bond donors (Lipinski definition) is 2. The van der Waals surface area contributed by atoms with Crippen molar-refractivity contribution in [2.75, 3.05) is 18.9 Å². The van der Waals surface area contributed by atoms with Gasteiger partial charge in [0.1, 0.15) is 5.69 Å². The molecule has 3 rings (SSSR count). The van der Waals surface area contributed by atoms with Gasteiger partial charge in [-0.1, -0.05) is 24.3 Å². The van der Waals surface area contributed by atoms with Crippen molar-refractivity contribution in [3.05, 3.63) is 59.4 Å². The van der Waals surface area contributed by atoms with Gasteiger partial charge in [0.2, 0.25) is 0 Å². The first kappa shape index (κ1) is 12.7. The van der Waals surface area contributed by atoms with E-state index < -0.39 is 0 Å². The predicted molar refractivity (Wildman–Crippen MR) is 79.0 cm³/mol. The number of carbonyl (C=O) groups is 1. The predicted octanol–water partition coefficient (Wildman–Crippen LogP) is 2.19. The normalized spacial score (nSPS) is 15.9. The summed E-state index contributed by atoms with van der Waals surface area (Å²) in [4.78, 5) is 15.6. The van der Waals surface area contributed by atoms with Crippen LogP contribution in [0.4, 0.5) is 5.69 Å². The Hall–Kier alpha value is -2.36. The molecule has 1 aromatic carbocycles. The largest absolute Gasteiger partial charge is 0.384 e. The first-order valence-electron chi connectivity index (χ1n) is 6.77. The fourth-order valence-corrected chi connectivity index (χ4v) is 2.58. The van der Waals surface area contributed by atoms with E-state index in [0.717, 1.165) is 18.7 Å². The molecule has 1 atom stereocenters. The molecule has 0 saturated carbocycles. The van der Waals surface area contributed by atoms with Crippen LogP contribution in [0.3, 0.4) is 0 Å². The van der Waals surface area contributed by atoms with Crippen LogP contribution >= 0.6 is 0 Å². The highest BCUT2D eigenvalue weighted by Gasteiger charge is 2.24. The molecular weight excluding hydrogens is 250 g/mol. The number of benzene rings is 1. The minimum atomic E-state index is -0.164. The second kappa shape index (κ2) is 5.33. The lowest BCUT2D eigenvalue weighted by Gasteiger charge is -2.30. The van der Waals surface area contributed by atoms with Crippen LogP contribution in [0.5, 0.6) is 0 Å². The van der Waals surface area contributed by atoms with Crippen molar-refractivity contribution < 1.29 is 4.79 Å². The van der Waals surface area contributed by atoms with E-state index in [4.69, 9.17) is 0 Å². The molecular formula is C16H17N3O. The van der Waals surface area contributed by atoms with E-state index >= 15 is 0 Å². The smallest absolute Gasteiger partial charge is 0.269 e. The average Bonchev–Trinajstić information content (AvgIpc) is 2.47. The van der Waals surface area contributed by atoms with Crippen LogP contribution < -0.4 is 10.6 Å². The van der Waals surface area contributed by atoms with E-state index in [0.29, 0.717) is 11.6 Å². The zero-order valence-electron chi connectivity index (χ0n) is 11.4. The number of nitrogens with zero attached hydrogens (tertiary/aromatic N) is 1. The average molecular weight is 267 g/mol. The molecule has 2 aromatic rings. The molecule has 4 nitrogen and oxygen atoms in total. The Balaban J connectivity index is 1.64. The molecule has 1 aromatic heterocycles. The molecule has 2 N–H and O–H groups in total. The number of pyridine rings is 1. The van der Waals surface area contributed by atoms with Gasteiger partial charge in [-0.3, -0.25) is 9.78 Å². The zero-order valence-corrected chi connectivity index (χ0v) is 11.4. The summed E-state index contributed by atoms with van der Waals surface area (Å²) in [5, 5.41) is 5.97. The number of anilines is 1. The molecule has 102 valence electrons. The lowest BCUT2D eigenvalue weighted by molar-refractivity contribution is 0.0958. The van der Waals surface area contributed by atoms with E-state index in [9.17, 15) is 4.79 Å². The van der Waals surface area contributed by atoms with Gasteiger partial charge in [-0.2, -0.15) is 0 Å². The molecule has 0 saturated heterocycles. The lowest BCUT2D eigenvalue weighted by atomic mass is 9.77. The summed E-state index contributed by atoms with van der Waals surface area (Å²) in [7, 11) is 1.61. The van der Waals surface area contributed by atoms with Gasteiger partial charge in [-0.05, 0) is 29.7 Å². The molecule has 1 aliphatic rings. The molecule has 0 radical (unpaired) electrons. The van der Waals surface area contributed by atoms with Gasteiger partial charge in [-0.25, -0.2) is 0 Å². The highest BCUT2D eigenvalue weighted by molar-refractivity contribution is 5.92. The number of hydrogen-bond acceptors (Lipinski definition) is 3. The molecule has 0 spiro atoms. The number of amides is 1. The minimum absolute atomic E-state index is 0.164. The summed E-state index contributed by atoms with van der Waals surface area (Å²) in [5.74, 6) is 0.394. The summed E-state index contributed by atoms with van der Waals surface area (Å²) >= 11 is 0. The third-order valence-corrected chi connectivity index (χ3v) is 3.73. The van der Waals surface area contributed by atoms with E-state index in [-0.39, 0.29) is 5.91 Å². The van der Waals surface area contributed by atoms with Gasteiger partial charge in [0.05, 0.1) is 0 Å². The maximum absolute atomic E-state index is 11.5. The number of nitrogens with one attached hydrogen (secondary N) is 2. The maximum Gasteiger partial charge on any atom is 0.269 e. The van der Waals surface area contributed by atoms with Crippen molar-refractivity contribution >= 4 is 11.6 Å². The van der Waals surface area contributed by atoms with E-state index in [1.165, 1.54) is 11.1 Å². The lowest BCUT2D eigenvalue weighted by Crippen LogP contribution is -2.24. The summed E-state index contributed by atoms with van der Waals surface area (Å²) in [5.41, 5.74) is 4.25. The summed E-state index contributed by atoms with van der Waals surface area (Å²) in [6.45, 7) is 0.883. The quantitative estimate of drug-likeness (QED) is 0.893. The van der Waals surface area contributed by atoms with Crippen molar-refractivity contribution in [3.63, 3.8) is 0 Å². The van der Waals surface area contributed by atoms with Crippen molar-refractivity contribution in [3.8, 4) is 0 Å². The molecule has 0 aliphatic heterocycles. The van der Waals surface area contributed by atoms with Crippen molar-refractivity contribution in [2.24, 2.45) is 0 Å². The number of fused-ring (bicyclic) bond motifs is 1. The van der Waals surface area contributed by atoms with E-state index in [1.807, 2.05) is 6.07 Å². The molecule has 0 bridgehead atoms. The Labute approximate surface area is 118 Å². The van der Waals surface area contributed by atoms with Crippen LogP contribution in [-0.4, -0.2) is 24.5 Å². The Morgan fingerprint density at radius 2 is 2.20 bits per heavy atom. The molecule has 0 fully saturated rings. The van der Waals surface area contributed by atoms with Gasteiger partial charge in [-0.15, -0.1) is 0 Å². The Bertz CT molecular complexity index is 639. The minimum Gasteiger partial charge on any atom is -0.384 e. The van der Waals surface area contributed by atoms with Gasteiger partial charge in [0.15, 0.2) is 0 Å². The van der Waals surface area contributed by atoms with Crippen LogP contribution in [0.2, 0.25) is 0 Å². The second-order valence-corrected chi connectivity index (χ2v) is 4.99. The van der Waals surface area contributed by atoms with Gasteiger partial charge >= 0.3 is 0 Å². The number of aromatic nitrogens is 1. The zero-order chi connectivity index (χ0) is 13.9. The number of carbonyl (C=O) groups excluding carboxylic acids is 1. The molecule has 1 amide bonds. The van der Waals surface area contributed by atoms with Crippen LogP contribution in [-0.2, 0) is 6.42 Å². The SMILES string of the molecule is CNC(=O)c1cc(NCC2Cc3ccccc32)ccn1. The monoisotopic (exact) mass is 267 g/mol. The molecule has 20 heavy (non-hydrogen) atoms. The Morgan fingerprint density at radius 1 is 1.35 bits per heavy atom. The van der Waals surface area contributed by atoms with Gasteiger partial charge < -0.3 is 10.6 Å². The molecule has 1 unspecified atom stereocenters. The van der Waals surface area contributed by atoms with Crippen LogP contribution in [0.15, 0.2) is 42.6 Å². The van der Waals surface area contributed by atoms with Crippen LogP contribution in [0.1, 0.15) is 27.5 Å². The standard InChI is InChI=1S/C16H17N3O/c1-17-16(20)15-9-13(6-7-18-15)19-10-12-8-11-4-2-3-5-14(11)12/h2-7,9,12H,8,10H2,1H3,(H,17,20)(H,18,19). The highest BCUT2D eigenvalue weighted by Crippen LogP contribution is 2.34. The van der Waals surface area contributed by atoms with Crippen molar-refractivity contribution in [1.29, 1.82) is 0 Å². The Kier molecular flexibility index (Phi) is 3.37. The first-order valence-corrected chi connectivity index (χ1v) is 6.77. The summed E-state index contributed by atoms with van der Waals surface area (Å²) < 4.78 is 0. The summed E-state index contributed by atoms with van der Waals surface area (Å²) in [6, 6.07) is 12.2. The Morgan fingerprint density at radius 3 is 3.00 bits per heavy atom. The highest BCUT2D eigenvalue weighted by atomic mass is 16.1. The second-order valence-electron chi connectivity index (χ2n) is 4.99. The van der Waals surface area contributed by atoms with Crippen LogP contribution in [0, 0.1) is 0 Å². The molecule has 4 heteroatoms. The third-order valence-electron chi connectivity index (χ3n) is 3.73. The molecule has 1 heterocycles. The van der Waals surface area contributed by atoms with Crippen LogP contribution in [0.25, 0.3) is 0 Å². The molecule has 1 aliphatic carbocycles. The van der Waals surface area contributed by atoms with E-state index in [1.54, 1.807) is 19.3 Å². The van der Waals surface area contributed by atoms with Gasteiger partial charge in [0, 0.05) is 31.4 Å². The third kappa shape index (κ3) is 2.37. The van der Waals surface area contributed by atoms with Gasteiger partial charge in [0.25, 0.3) is 5.91 Å². The summed E-state index contributed by atoms with van der Waals surface area (Å²) in [6.07, 6.45) is 2.78. The fraction of sp³-hybridized carbons (Fsp3) is 0.250. The topological polar surface area (TPSA) is 54.0 Å². The number of rotatable bonds is 4.